The molecule has 1 fully saturated rings. The fourth-order valence-electron chi connectivity index (χ4n) is 4.44. The molecule has 2 rings (SSSR count). The zero-order chi connectivity index (χ0) is 24.6. The van der Waals surface area contributed by atoms with Gasteiger partial charge in [0.2, 0.25) is 11.8 Å². The predicted molar refractivity (Wildman–Crippen MR) is 132 cm³/mol. The lowest BCUT2D eigenvalue weighted by molar-refractivity contribution is -0.138. The van der Waals surface area contributed by atoms with E-state index in [1.54, 1.807) is 12.1 Å². The number of nitrogens with zero attached hydrogens (tertiary/aromatic N) is 2. The predicted octanol–water partition coefficient (Wildman–Crippen LogP) is 2.77. The van der Waals surface area contributed by atoms with Gasteiger partial charge in [-0.2, -0.15) is 0 Å². The Morgan fingerprint density at radius 1 is 1.12 bits per heavy atom. The lowest BCUT2D eigenvalue weighted by atomic mass is 9.91. The third-order valence-electron chi connectivity index (χ3n) is 6.46. The number of piperidine rings is 1. The minimum Gasteiger partial charge on any atom is -0.355 e. The molecule has 2 unspecified atom stereocenters. The Bertz CT molecular complexity index is 786. The van der Waals surface area contributed by atoms with Gasteiger partial charge in [0.1, 0.15) is 6.04 Å². The lowest BCUT2D eigenvalue weighted by Crippen LogP contribution is -2.54. The second-order valence-corrected chi connectivity index (χ2v) is 10.4. The summed E-state index contributed by atoms with van der Waals surface area (Å²) in [5.41, 5.74) is 0.544. The highest BCUT2D eigenvalue weighted by atomic mass is 16.2. The quantitative estimate of drug-likeness (QED) is 0.565. The normalized spacial score (nSPS) is 16.9. The van der Waals surface area contributed by atoms with Gasteiger partial charge in [-0.1, -0.05) is 52.3 Å². The van der Waals surface area contributed by atoms with E-state index in [0.29, 0.717) is 38.0 Å². The zero-order valence-corrected chi connectivity index (χ0v) is 21.2. The number of carbonyl (C=O) groups excluding carboxylic acids is 3. The first kappa shape index (κ1) is 26.8. The van der Waals surface area contributed by atoms with Crippen molar-refractivity contribution in [3.63, 3.8) is 0 Å². The molecule has 0 saturated carbocycles. The van der Waals surface area contributed by atoms with Gasteiger partial charge >= 0.3 is 0 Å². The largest absolute Gasteiger partial charge is 0.355 e. The molecule has 33 heavy (non-hydrogen) atoms. The molecule has 2 N–H and O–H groups in total. The van der Waals surface area contributed by atoms with E-state index in [0.717, 1.165) is 13.0 Å². The van der Waals surface area contributed by atoms with Crippen molar-refractivity contribution in [3.05, 3.63) is 35.9 Å². The summed E-state index contributed by atoms with van der Waals surface area (Å²) in [7, 11) is 4.07. The summed E-state index contributed by atoms with van der Waals surface area (Å²) in [6.07, 6.45) is 2.07. The molecule has 184 valence electrons. The van der Waals surface area contributed by atoms with Gasteiger partial charge in [0.15, 0.2) is 0 Å². The summed E-state index contributed by atoms with van der Waals surface area (Å²) in [6, 6.07) is 8.41. The van der Waals surface area contributed by atoms with Crippen molar-refractivity contribution in [1.82, 2.24) is 20.4 Å². The van der Waals surface area contributed by atoms with Crippen LogP contribution in [0.1, 0.15) is 57.3 Å². The lowest BCUT2D eigenvalue weighted by Gasteiger charge is -2.36. The molecule has 0 spiro atoms. The van der Waals surface area contributed by atoms with Crippen LogP contribution in [0.2, 0.25) is 0 Å². The first-order valence-corrected chi connectivity index (χ1v) is 12.1. The van der Waals surface area contributed by atoms with Crippen LogP contribution in [0.4, 0.5) is 0 Å². The van der Waals surface area contributed by atoms with Gasteiger partial charge in [-0.3, -0.25) is 14.4 Å². The molecular weight excluding hydrogens is 416 g/mol. The maximum atomic E-state index is 13.3. The molecule has 0 aliphatic carbocycles. The van der Waals surface area contributed by atoms with Gasteiger partial charge in [-0.25, -0.2) is 0 Å². The Hall–Kier alpha value is -2.41. The maximum Gasteiger partial charge on any atom is 0.251 e. The summed E-state index contributed by atoms with van der Waals surface area (Å²) < 4.78 is 0. The first-order chi connectivity index (χ1) is 15.5. The molecule has 1 aliphatic rings. The van der Waals surface area contributed by atoms with E-state index in [2.05, 4.69) is 29.4 Å². The molecule has 7 nitrogen and oxygen atoms in total. The molecule has 3 amide bonds. The van der Waals surface area contributed by atoms with Crippen molar-refractivity contribution < 1.29 is 14.4 Å². The Balaban J connectivity index is 1.92. The van der Waals surface area contributed by atoms with Gasteiger partial charge in [0.05, 0.1) is 0 Å². The summed E-state index contributed by atoms with van der Waals surface area (Å²) in [5, 5.41) is 6.06. The molecule has 7 heteroatoms. The van der Waals surface area contributed by atoms with Crippen LogP contribution in [-0.2, 0) is 9.59 Å². The molecule has 0 bridgehead atoms. The van der Waals surface area contributed by atoms with Crippen LogP contribution in [0.15, 0.2) is 30.3 Å². The first-order valence-electron chi connectivity index (χ1n) is 12.1. The van der Waals surface area contributed by atoms with Gasteiger partial charge < -0.3 is 20.4 Å². The molecule has 2 atom stereocenters. The molecule has 1 aliphatic heterocycles. The summed E-state index contributed by atoms with van der Waals surface area (Å²) in [6.45, 7) is 10.9. The van der Waals surface area contributed by atoms with E-state index in [4.69, 9.17) is 0 Å². The average Bonchev–Trinajstić information content (AvgIpc) is 2.79. The Morgan fingerprint density at radius 3 is 2.27 bits per heavy atom. The van der Waals surface area contributed by atoms with Gasteiger partial charge in [0.25, 0.3) is 5.91 Å². The van der Waals surface area contributed by atoms with E-state index in [9.17, 15) is 14.4 Å². The van der Waals surface area contributed by atoms with Crippen LogP contribution in [0.5, 0.6) is 0 Å². The highest BCUT2D eigenvalue weighted by molar-refractivity contribution is 5.97. The van der Waals surface area contributed by atoms with Crippen molar-refractivity contribution in [3.8, 4) is 0 Å². The summed E-state index contributed by atoms with van der Waals surface area (Å²) >= 11 is 0. The minimum absolute atomic E-state index is 0.00367. The Kier molecular flexibility index (Phi) is 9.89. The zero-order valence-electron chi connectivity index (χ0n) is 21.2. The highest BCUT2D eigenvalue weighted by Gasteiger charge is 2.34. The van der Waals surface area contributed by atoms with Gasteiger partial charge in [-0.05, 0) is 50.4 Å². The van der Waals surface area contributed by atoms with Gasteiger partial charge in [0, 0.05) is 37.7 Å². The van der Waals surface area contributed by atoms with Crippen molar-refractivity contribution in [2.24, 2.45) is 17.3 Å². The van der Waals surface area contributed by atoms with E-state index >= 15 is 0 Å². The number of likely N-dealkylation sites (tertiary alicyclic amines) is 1. The number of carbonyl (C=O) groups is 3. The van der Waals surface area contributed by atoms with E-state index < -0.39 is 6.04 Å². The second-order valence-electron chi connectivity index (χ2n) is 10.4. The van der Waals surface area contributed by atoms with Crippen LogP contribution in [0.25, 0.3) is 0 Å². The Labute approximate surface area is 199 Å². The van der Waals surface area contributed by atoms with Crippen LogP contribution in [-0.4, -0.2) is 73.8 Å². The smallest absolute Gasteiger partial charge is 0.251 e. The molecule has 1 heterocycles. The van der Waals surface area contributed by atoms with Crippen molar-refractivity contribution >= 4 is 17.7 Å². The number of benzene rings is 1. The molecule has 1 aromatic rings. The minimum atomic E-state index is -0.570. The summed E-state index contributed by atoms with van der Waals surface area (Å²) in [4.78, 5) is 42.6. The standard InChI is InChI=1S/C26H42N4O3/c1-7-19(2)22(28-24(32)20-11-9-8-10-12-20)25(33)30-15-13-21(14-16-30)23(31)27-17-26(3,4)18-29(5)6/h8-12,19,21-22H,7,13-18H2,1-6H3,(H,27,31)(H,28,32). The topological polar surface area (TPSA) is 81.8 Å². The van der Waals surface area contributed by atoms with E-state index in [-0.39, 0.29) is 35.0 Å². The van der Waals surface area contributed by atoms with Crippen LogP contribution in [0, 0.1) is 17.3 Å². The van der Waals surface area contributed by atoms with E-state index in [1.807, 2.05) is 51.0 Å². The SMILES string of the molecule is CCC(C)C(NC(=O)c1ccccc1)C(=O)N1CCC(C(=O)NCC(C)(C)CN(C)C)CC1. The molecular formula is C26H42N4O3. The third kappa shape index (κ3) is 8.14. The van der Waals surface area contributed by atoms with Crippen molar-refractivity contribution in [2.45, 2.75) is 53.0 Å². The number of hydrogen-bond acceptors (Lipinski definition) is 4. The Morgan fingerprint density at radius 2 is 1.73 bits per heavy atom. The fraction of sp³-hybridized carbons (Fsp3) is 0.654. The summed E-state index contributed by atoms with van der Waals surface area (Å²) in [5.74, 6) is -0.275. The molecule has 0 aromatic heterocycles. The average molecular weight is 459 g/mol. The van der Waals surface area contributed by atoms with Crippen LogP contribution >= 0.6 is 0 Å². The number of nitrogens with one attached hydrogen (secondary N) is 2. The molecule has 1 saturated heterocycles. The molecule has 0 radical (unpaired) electrons. The third-order valence-corrected chi connectivity index (χ3v) is 6.46. The maximum absolute atomic E-state index is 13.3. The van der Waals surface area contributed by atoms with Crippen molar-refractivity contribution in [1.29, 1.82) is 0 Å². The number of hydrogen-bond donors (Lipinski definition) is 2. The number of rotatable bonds is 10. The van der Waals surface area contributed by atoms with Crippen LogP contribution in [0.3, 0.4) is 0 Å². The van der Waals surface area contributed by atoms with Crippen molar-refractivity contribution in [2.75, 3.05) is 40.3 Å². The fourth-order valence-corrected chi connectivity index (χ4v) is 4.44. The van der Waals surface area contributed by atoms with Gasteiger partial charge in [-0.15, -0.1) is 0 Å². The highest BCUT2D eigenvalue weighted by Crippen LogP contribution is 2.21. The molecule has 1 aromatic carbocycles. The number of amides is 3. The van der Waals surface area contributed by atoms with Crippen LogP contribution < -0.4 is 10.6 Å². The monoisotopic (exact) mass is 458 g/mol. The van der Waals surface area contributed by atoms with E-state index in [1.165, 1.54) is 0 Å². The second kappa shape index (κ2) is 12.2.